The molecule has 1 aliphatic heterocycles. The number of aromatic amines is 1. The first-order chi connectivity index (χ1) is 12.1. The number of aryl methyl sites for hydroxylation is 2. The minimum Gasteiger partial charge on any atom is -0.481 e. The number of methoxy groups -OCH3 is 1. The maximum absolute atomic E-state index is 5.18. The van der Waals surface area contributed by atoms with Crippen LogP contribution < -0.4 is 4.74 Å². The monoisotopic (exact) mass is 340 g/mol. The van der Waals surface area contributed by atoms with E-state index in [0.29, 0.717) is 17.6 Å². The van der Waals surface area contributed by atoms with Crippen molar-refractivity contribution < 1.29 is 4.74 Å². The average molecular weight is 340 g/mol. The highest BCUT2D eigenvalue weighted by atomic mass is 16.5. The summed E-state index contributed by atoms with van der Waals surface area (Å²) in [5.74, 6) is 1.54. The van der Waals surface area contributed by atoms with Crippen molar-refractivity contribution in [2.45, 2.75) is 39.3 Å². The SMILES string of the molecule is COc1ccc2[nH]c(CN3CCC[C@@H]3c3c(C)nn(C)c3C)nc2n1. The van der Waals surface area contributed by atoms with Crippen LogP contribution in [0.3, 0.4) is 0 Å². The van der Waals surface area contributed by atoms with Gasteiger partial charge in [0, 0.05) is 30.4 Å². The van der Waals surface area contributed by atoms with E-state index >= 15 is 0 Å². The zero-order valence-corrected chi connectivity index (χ0v) is 15.2. The fourth-order valence-electron chi connectivity index (χ4n) is 3.92. The molecule has 4 heterocycles. The topological polar surface area (TPSA) is 71.9 Å². The minimum absolute atomic E-state index is 0.407. The molecule has 4 rings (SSSR count). The predicted octanol–water partition coefficient (Wildman–Crippen LogP) is 2.65. The van der Waals surface area contributed by atoms with Gasteiger partial charge in [-0.2, -0.15) is 10.1 Å². The van der Waals surface area contributed by atoms with E-state index in [4.69, 9.17) is 4.74 Å². The van der Waals surface area contributed by atoms with Gasteiger partial charge in [0.1, 0.15) is 5.82 Å². The Balaban J connectivity index is 1.61. The molecule has 0 spiro atoms. The van der Waals surface area contributed by atoms with Crippen LogP contribution in [0.1, 0.15) is 41.7 Å². The fraction of sp³-hybridized carbons (Fsp3) is 0.500. The summed E-state index contributed by atoms with van der Waals surface area (Å²) in [4.78, 5) is 14.9. The largest absolute Gasteiger partial charge is 0.481 e. The molecule has 1 N–H and O–H groups in total. The number of nitrogens with one attached hydrogen (secondary N) is 1. The van der Waals surface area contributed by atoms with Crippen molar-refractivity contribution in [1.29, 1.82) is 0 Å². The third-order valence-corrected chi connectivity index (χ3v) is 5.19. The second-order valence-corrected chi connectivity index (χ2v) is 6.74. The Labute approximate surface area is 147 Å². The second kappa shape index (κ2) is 6.15. The summed E-state index contributed by atoms with van der Waals surface area (Å²) in [7, 11) is 3.64. The van der Waals surface area contributed by atoms with E-state index in [9.17, 15) is 0 Å². The van der Waals surface area contributed by atoms with Crippen LogP contribution in [0.5, 0.6) is 5.88 Å². The minimum atomic E-state index is 0.407. The van der Waals surface area contributed by atoms with Gasteiger partial charge in [-0.15, -0.1) is 0 Å². The molecule has 0 unspecified atom stereocenters. The molecule has 132 valence electrons. The van der Waals surface area contributed by atoms with Gasteiger partial charge in [-0.1, -0.05) is 0 Å². The first kappa shape index (κ1) is 16.1. The van der Waals surface area contributed by atoms with Gasteiger partial charge in [0.05, 0.1) is 24.9 Å². The van der Waals surface area contributed by atoms with Crippen LogP contribution in [0.2, 0.25) is 0 Å². The Kier molecular flexibility index (Phi) is 3.95. The molecular weight excluding hydrogens is 316 g/mol. The summed E-state index contributed by atoms with van der Waals surface area (Å²) in [6, 6.07) is 4.23. The van der Waals surface area contributed by atoms with E-state index in [1.54, 1.807) is 7.11 Å². The third-order valence-electron chi connectivity index (χ3n) is 5.19. The third kappa shape index (κ3) is 2.78. The van der Waals surface area contributed by atoms with Gasteiger partial charge < -0.3 is 9.72 Å². The molecule has 0 saturated carbocycles. The zero-order valence-electron chi connectivity index (χ0n) is 15.2. The number of aromatic nitrogens is 5. The van der Waals surface area contributed by atoms with Gasteiger partial charge in [0.2, 0.25) is 5.88 Å². The lowest BCUT2D eigenvalue weighted by Gasteiger charge is -2.24. The molecular formula is C18H24N6O. The molecule has 7 nitrogen and oxygen atoms in total. The van der Waals surface area contributed by atoms with Crippen molar-refractivity contribution in [1.82, 2.24) is 29.6 Å². The van der Waals surface area contributed by atoms with E-state index in [1.165, 1.54) is 24.1 Å². The quantitative estimate of drug-likeness (QED) is 0.790. The Morgan fingerprint density at radius 2 is 2.12 bits per heavy atom. The van der Waals surface area contributed by atoms with Crippen LogP contribution in [0.4, 0.5) is 0 Å². The number of hydrogen-bond acceptors (Lipinski definition) is 5. The number of ether oxygens (including phenoxy) is 1. The molecule has 1 fully saturated rings. The lowest BCUT2D eigenvalue weighted by atomic mass is 10.0. The maximum atomic E-state index is 5.18. The molecule has 7 heteroatoms. The van der Waals surface area contributed by atoms with E-state index in [2.05, 4.69) is 38.8 Å². The van der Waals surface area contributed by atoms with Crippen LogP contribution in [0.25, 0.3) is 11.2 Å². The second-order valence-electron chi connectivity index (χ2n) is 6.74. The highest BCUT2D eigenvalue weighted by Gasteiger charge is 2.30. The van der Waals surface area contributed by atoms with E-state index < -0.39 is 0 Å². The Morgan fingerprint density at radius 1 is 1.28 bits per heavy atom. The number of imidazole rings is 1. The van der Waals surface area contributed by atoms with Gasteiger partial charge in [-0.3, -0.25) is 9.58 Å². The standard InChI is InChI=1S/C18H24N6O/c1-11-17(12(2)23(3)22-11)14-6-5-9-24(14)10-15-19-13-7-8-16(25-4)21-18(13)20-15/h7-8,14H,5-6,9-10H2,1-4H3,(H,19,20,21)/t14-/m1/s1. The number of rotatable bonds is 4. The van der Waals surface area contributed by atoms with Gasteiger partial charge in [0.15, 0.2) is 5.65 Å². The molecule has 3 aromatic rings. The number of hydrogen-bond donors (Lipinski definition) is 1. The summed E-state index contributed by atoms with van der Waals surface area (Å²) >= 11 is 0. The smallest absolute Gasteiger partial charge is 0.215 e. The number of fused-ring (bicyclic) bond motifs is 1. The van der Waals surface area contributed by atoms with Crippen LogP contribution in [0.15, 0.2) is 12.1 Å². The summed E-state index contributed by atoms with van der Waals surface area (Å²) in [5.41, 5.74) is 5.41. The number of likely N-dealkylation sites (tertiary alicyclic amines) is 1. The average Bonchev–Trinajstić information content (AvgIpc) is 3.26. The molecule has 1 aliphatic rings. The van der Waals surface area contributed by atoms with Gasteiger partial charge in [-0.25, -0.2) is 4.98 Å². The highest BCUT2D eigenvalue weighted by molar-refractivity contribution is 5.71. The predicted molar refractivity (Wildman–Crippen MR) is 95.5 cm³/mol. The molecule has 1 saturated heterocycles. The van der Waals surface area contributed by atoms with Gasteiger partial charge in [0.25, 0.3) is 0 Å². The summed E-state index contributed by atoms with van der Waals surface area (Å²) < 4.78 is 7.17. The van der Waals surface area contributed by atoms with Crippen molar-refractivity contribution in [3.8, 4) is 5.88 Å². The van der Waals surface area contributed by atoms with Gasteiger partial charge >= 0.3 is 0 Å². The van der Waals surface area contributed by atoms with E-state index in [0.717, 1.165) is 30.1 Å². The molecule has 0 bridgehead atoms. The molecule has 0 radical (unpaired) electrons. The molecule has 0 aliphatic carbocycles. The maximum Gasteiger partial charge on any atom is 0.215 e. The normalized spacial score (nSPS) is 18.3. The highest BCUT2D eigenvalue weighted by Crippen LogP contribution is 2.36. The number of nitrogens with zero attached hydrogens (tertiary/aromatic N) is 5. The van der Waals surface area contributed by atoms with Crippen molar-refractivity contribution in [2.75, 3.05) is 13.7 Å². The summed E-state index contributed by atoms with van der Waals surface area (Å²) in [6.45, 7) is 6.13. The molecule has 0 amide bonds. The Hall–Kier alpha value is -2.41. The molecule has 0 aromatic carbocycles. The Bertz CT molecular complexity index is 912. The van der Waals surface area contributed by atoms with Crippen LogP contribution in [-0.2, 0) is 13.6 Å². The summed E-state index contributed by atoms with van der Waals surface area (Å²) in [5, 5.41) is 4.59. The molecule has 25 heavy (non-hydrogen) atoms. The lowest BCUT2D eigenvalue weighted by Crippen LogP contribution is -2.24. The van der Waals surface area contributed by atoms with Crippen LogP contribution >= 0.6 is 0 Å². The van der Waals surface area contributed by atoms with Crippen molar-refractivity contribution in [3.63, 3.8) is 0 Å². The van der Waals surface area contributed by atoms with Gasteiger partial charge in [-0.05, 0) is 39.3 Å². The number of pyridine rings is 1. The van der Waals surface area contributed by atoms with Crippen molar-refractivity contribution in [3.05, 3.63) is 34.9 Å². The number of H-pyrrole nitrogens is 1. The zero-order chi connectivity index (χ0) is 17.6. The first-order valence-corrected chi connectivity index (χ1v) is 8.70. The van der Waals surface area contributed by atoms with Crippen molar-refractivity contribution >= 4 is 11.2 Å². The molecule has 1 atom stereocenters. The lowest BCUT2D eigenvalue weighted by molar-refractivity contribution is 0.242. The van der Waals surface area contributed by atoms with Crippen LogP contribution in [0, 0.1) is 13.8 Å². The first-order valence-electron chi connectivity index (χ1n) is 8.70. The fourth-order valence-corrected chi connectivity index (χ4v) is 3.92. The van der Waals surface area contributed by atoms with Crippen molar-refractivity contribution in [2.24, 2.45) is 7.05 Å². The Morgan fingerprint density at radius 3 is 2.84 bits per heavy atom. The molecule has 3 aromatic heterocycles. The van der Waals surface area contributed by atoms with Crippen LogP contribution in [-0.4, -0.2) is 43.3 Å². The summed E-state index contributed by atoms with van der Waals surface area (Å²) in [6.07, 6.45) is 2.37. The van der Waals surface area contributed by atoms with E-state index in [-0.39, 0.29) is 0 Å². The van der Waals surface area contributed by atoms with E-state index in [1.807, 2.05) is 23.9 Å².